The SMILES string of the molecule is CCNC(Cc1c(Cl)c(C)nn1C)c1ccc(Br)s1. The van der Waals surface area contributed by atoms with Crippen LogP contribution in [0.2, 0.25) is 5.02 Å². The van der Waals surface area contributed by atoms with E-state index in [9.17, 15) is 0 Å². The molecule has 0 amide bonds. The average Bonchev–Trinajstić information content (AvgIpc) is 2.88. The number of thiophene rings is 1. The van der Waals surface area contributed by atoms with Crippen LogP contribution in [-0.2, 0) is 13.5 Å². The third-order valence-electron chi connectivity index (χ3n) is 3.05. The number of aryl methyl sites for hydroxylation is 2. The highest BCUT2D eigenvalue weighted by molar-refractivity contribution is 9.11. The second-order valence-electron chi connectivity index (χ2n) is 4.43. The van der Waals surface area contributed by atoms with E-state index < -0.39 is 0 Å². The van der Waals surface area contributed by atoms with Crippen LogP contribution < -0.4 is 5.32 Å². The van der Waals surface area contributed by atoms with Crippen LogP contribution in [0.4, 0.5) is 0 Å². The van der Waals surface area contributed by atoms with Crippen molar-refractivity contribution in [2.24, 2.45) is 7.05 Å². The molecule has 0 aliphatic heterocycles. The van der Waals surface area contributed by atoms with Gasteiger partial charge in [-0.15, -0.1) is 11.3 Å². The molecule has 0 saturated carbocycles. The third kappa shape index (κ3) is 3.40. The van der Waals surface area contributed by atoms with Crippen LogP contribution in [0.15, 0.2) is 15.9 Å². The van der Waals surface area contributed by atoms with Crippen molar-refractivity contribution in [3.8, 4) is 0 Å². The van der Waals surface area contributed by atoms with Crippen molar-refractivity contribution in [3.05, 3.63) is 37.2 Å². The summed E-state index contributed by atoms with van der Waals surface area (Å²) in [5.41, 5.74) is 1.97. The Kier molecular flexibility index (Phi) is 5.06. The maximum Gasteiger partial charge on any atom is 0.0847 e. The lowest BCUT2D eigenvalue weighted by atomic mass is 10.1. The van der Waals surface area contributed by atoms with Crippen molar-refractivity contribution >= 4 is 38.9 Å². The van der Waals surface area contributed by atoms with Gasteiger partial charge in [-0.1, -0.05) is 18.5 Å². The molecule has 2 heterocycles. The molecule has 0 saturated heterocycles. The topological polar surface area (TPSA) is 29.9 Å². The summed E-state index contributed by atoms with van der Waals surface area (Å²) in [5.74, 6) is 0. The fourth-order valence-corrected chi connectivity index (χ4v) is 3.87. The second kappa shape index (κ2) is 6.39. The first kappa shape index (κ1) is 15.0. The van der Waals surface area contributed by atoms with Crippen molar-refractivity contribution < 1.29 is 0 Å². The largest absolute Gasteiger partial charge is 0.309 e. The van der Waals surface area contributed by atoms with Gasteiger partial charge in [0.2, 0.25) is 0 Å². The fraction of sp³-hybridized carbons (Fsp3) is 0.462. The molecule has 6 heteroatoms. The van der Waals surface area contributed by atoms with Gasteiger partial charge >= 0.3 is 0 Å². The zero-order valence-corrected chi connectivity index (χ0v) is 14.4. The van der Waals surface area contributed by atoms with Crippen molar-refractivity contribution in [2.45, 2.75) is 26.3 Å². The van der Waals surface area contributed by atoms with Crippen LogP contribution in [0.25, 0.3) is 0 Å². The van der Waals surface area contributed by atoms with Crippen molar-refractivity contribution in [1.82, 2.24) is 15.1 Å². The number of rotatable bonds is 5. The van der Waals surface area contributed by atoms with E-state index in [1.54, 1.807) is 11.3 Å². The predicted molar refractivity (Wildman–Crippen MR) is 85.1 cm³/mol. The van der Waals surface area contributed by atoms with E-state index in [1.807, 2.05) is 18.7 Å². The van der Waals surface area contributed by atoms with Gasteiger partial charge in [0.25, 0.3) is 0 Å². The van der Waals surface area contributed by atoms with Gasteiger partial charge in [0.1, 0.15) is 0 Å². The molecule has 3 nitrogen and oxygen atoms in total. The first-order chi connectivity index (χ1) is 9.02. The summed E-state index contributed by atoms with van der Waals surface area (Å²) < 4.78 is 3.03. The zero-order valence-electron chi connectivity index (χ0n) is 11.2. The number of hydrogen-bond acceptors (Lipinski definition) is 3. The number of nitrogens with zero attached hydrogens (tertiary/aromatic N) is 2. The first-order valence-corrected chi connectivity index (χ1v) is 8.18. The van der Waals surface area contributed by atoms with E-state index in [-0.39, 0.29) is 6.04 Å². The van der Waals surface area contributed by atoms with Gasteiger partial charge in [0.05, 0.1) is 20.2 Å². The first-order valence-electron chi connectivity index (χ1n) is 6.19. The van der Waals surface area contributed by atoms with E-state index in [0.717, 1.165) is 33.2 Å². The molecule has 0 bridgehead atoms. The number of nitrogens with one attached hydrogen (secondary N) is 1. The van der Waals surface area contributed by atoms with Gasteiger partial charge in [0.15, 0.2) is 0 Å². The molecular weight excluding hydrogens is 346 g/mol. The van der Waals surface area contributed by atoms with Gasteiger partial charge in [-0.3, -0.25) is 4.68 Å². The summed E-state index contributed by atoms with van der Waals surface area (Å²) in [7, 11) is 1.95. The predicted octanol–water partition coefficient (Wildman–Crippen LogP) is 4.10. The average molecular weight is 363 g/mol. The van der Waals surface area contributed by atoms with E-state index in [2.05, 4.69) is 45.4 Å². The quantitative estimate of drug-likeness (QED) is 0.868. The van der Waals surface area contributed by atoms with E-state index >= 15 is 0 Å². The van der Waals surface area contributed by atoms with E-state index in [4.69, 9.17) is 11.6 Å². The van der Waals surface area contributed by atoms with Crippen molar-refractivity contribution in [2.75, 3.05) is 6.54 Å². The number of hydrogen-bond donors (Lipinski definition) is 1. The van der Waals surface area contributed by atoms with Gasteiger partial charge < -0.3 is 5.32 Å². The Bertz CT molecular complexity index is 564. The maximum absolute atomic E-state index is 6.33. The lowest BCUT2D eigenvalue weighted by Gasteiger charge is -2.16. The highest BCUT2D eigenvalue weighted by Crippen LogP contribution is 2.31. The fourth-order valence-electron chi connectivity index (χ4n) is 2.13. The Hall–Kier alpha value is -0.360. The molecule has 2 rings (SSSR count). The molecule has 1 unspecified atom stereocenters. The van der Waals surface area contributed by atoms with E-state index in [1.165, 1.54) is 4.88 Å². The smallest absolute Gasteiger partial charge is 0.0847 e. The minimum Gasteiger partial charge on any atom is -0.309 e. The van der Waals surface area contributed by atoms with Crippen LogP contribution >= 0.6 is 38.9 Å². The molecule has 0 radical (unpaired) electrons. The standard InChI is InChI=1S/C13H17BrClN3S/c1-4-16-9(11-5-6-12(14)19-11)7-10-13(15)8(2)17-18(10)3/h5-6,9,16H,4,7H2,1-3H3. The molecule has 104 valence electrons. The van der Waals surface area contributed by atoms with Crippen LogP contribution in [-0.4, -0.2) is 16.3 Å². The molecule has 1 N–H and O–H groups in total. The number of likely N-dealkylation sites (N-methyl/N-ethyl adjacent to an activating group) is 1. The summed E-state index contributed by atoms with van der Waals surface area (Å²) in [5, 5.41) is 8.67. The third-order valence-corrected chi connectivity index (χ3v) is 5.28. The summed E-state index contributed by atoms with van der Waals surface area (Å²) in [6.07, 6.45) is 0.844. The monoisotopic (exact) mass is 361 g/mol. The molecule has 0 fully saturated rings. The summed E-state index contributed by atoms with van der Waals surface area (Å²) >= 11 is 11.6. The summed E-state index contributed by atoms with van der Waals surface area (Å²) in [6.45, 7) is 4.98. The number of halogens is 2. The van der Waals surface area contributed by atoms with Crippen LogP contribution in [0.1, 0.15) is 29.2 Å². The molecule has 0 spiro atoms. The highest BCUT2D eigenvalue weighted by Gasteiger charge is 2.19. The summed E-state index contributed by atoms with van der Waals surface area (Å²) in [4.78, 5) is 1.31. The molecule has 2 aromatic heterocycles. The lowest BCUT2D eigenvalue weighted by Crippen LogP contribution is -2.23. The summed E-state index contributed by atoms with van der Waals surface area (Å²) in [6, 6.07) is 4.51. The second-order valence-corrected chi connectivity index (χ2v) is 7.30. The molecular formula is C13H17BrClN3S. The minimum atomic E-state index is 0.272. The Morgan fingerprint density at radius 1 is 1.53 bits per heavy atom. The van der Waals surface area contributed by atoms with Crippen LogP contribution in [0.3, 0.4) is 0 Å². The van der Waals surface area contributed by atoms with Crippen LogP contribution in [0, 0.1) is 6.92 Å². The normalized spacial score (nSPS) is 12.9. The lowest BCUT2D eigenvalue weighted by molar-refractivity contribution is 0.536. The maximum atomic E-state index is 6.33. The molecule has 1 atom stereocenters. The molecule has 2 aromatic rings. The molecule has 19 heavy (non-hydrogen) atoms. The Balaban J connectivity index is 2.26. The van der Waals surface area contributed by atoms with Gasteiger partial charge in [0, 0.05) is 24.4 Å². The minimum absolute atomic E-state index is 0.272. The molecule has 0 aromatic carbocycles. The Labute approximate surface area is 131 Å². The Morgan fingerprint density at radius 3 is 2.74 bits per heavy atom. The number of aromatic nitrogens is 2. The van der Waals surface area contributed by atoms with Gasteiger partial charge in [-0.05, 0) is 41.5 Å². The highest BCUT2D eigenvalue weighted by atomic mass is 79.9. The van der Waals surface area contributed by atoms with E-state index in [0.29, 0.717) is 0 Å². The van der Waals surface area contributed by atoms with Gasteiger partial charge in [-0.25, -0.2) is 0 Å². The molecule has 0 aliphatic carbocycles. The van der Waals surface area contributed by atoms with Crippen molar-refractivity contribution in [3.63, 3.8) is 0 Å². The zero-order chi connectivity index (χ0) is 14.0. The van der Waals surface area contributed by atoms with Crippen molar-refractivity contribution in [1.29, 1.82) is 0 Å². The Morgan fingerprint density at radius 2 is 2.26 bits per heavy atom. The van der Waals surface area contributed by atoms with Crippen LogP contribution in [0.5, 0.6) is 0 Å². The molecule has 0 aliphatic rings. The van der Waals surface area contributed by atoms with Gasteiger partial charge in [-0.2, -0.15) is 5.10 Å².